The molecule has 0 aliphatic rings. The number of unbranched alkanes of at least 4 members (excludes halogenated alkanes) is 3. The van der Waals surface area contributed by atoms with Gasteiger partial charge in [-0.3, -0.25) is 0 Å². The number of rotatable bonds is 20. The Morgan fingerprint density at radius 3 is 1.97 bits per heavy atom. The number of aliphatic hydroxyl groups is 1. The Hall–Kier alpha value is -1.35. The van der Waals surface area contributed by atoms with Gasteiger partial charge in [-0.15, -0.1) is 0 Å². The third-order valence-corrected chi connectivity index (χ3v) is 23.5. The van der Waals surface area contributed by atoms with Crippen LogP contribution in [0.5, 0.6) is 5.75 Å². The predicted octanol–water partition coefficient (Wildman–Crippen LogP) is 5.66. The molecule has 2 unspecified atom stereocenters. The SMILES string of the molecule is CCC[CH2][Sn]([CH2]CCC)([CH2]CCC)[c]1ccc(OC)c(CC(=O)N[C@H](C(=O)NC(CC)C(O)CF)C(C)C)c1. The van der Waals surface area contributed by atoms with E-state index in [0.717, 1.165) is 5.56 Å². The number of carbonyl (C=O) groups is 2. The number of hydrogen-bond donors (Lipinski definition) is 3. The maximum atomic E-state index is 13.3. The number of aliphatic hydroxyl groups excluding tert-OH is 1. The molecule has 0 heterocycles. The summed E-state index contributed by atoms with van der Waals surface area (Å²) in [7, 11) is 1.63. The van der Waals surface area contributed by atoms with Gasteiger partial charge in [-0.2, -0.15) is 0 Å². The number of methoxy groups -OCH3 is 1. The van der Waals surface area contributed by atoms with Crippen molar-refractivity contribution in [3.63, 3.8) is 0 Å². The van der Waals surface area contributed by atoms with Crippen LogP contribution >= 0.6 is 0 Å². The Kier molecular flexibility index (Phi) is 17.3. The van der Waals surface area contributed by atoms with Crippen molar-refractivity contribution < 1.29 is 23.8 Å². The average molecular weight is 658 g/mol. The van der Waals surface area contributed by atoms with Crippen molar-refractivity contribution in [2.75, 3.05) is 13.8 Å². The van der Waals surface area contributed by atoms with Crippen molar-refractivity contribution >= 4 is 33.8 Å². The second-order valence-corrected chi connectivity index (χ2v) is 24.6. The van der Waals surface area contributed by atoms with Crippen molar-refractivity contribution in [3.05, 3.63) is 23.8 Å². The second kappa shape index (κ2) is 18.9. The molecule has 1 aromatic rings. The van der Waals surface area contributed by atoms with E-state index in [0.29, 0.717) is 12.2 Å². The van der Waals surface area contributed by atoms with E-state index in [-0.39, 0.29) is 18.2 Å². The van der Waals surface area contributed by atoms with Gasteiger partial charge in [0.1, 0.15) is 0 Å². The van der Waals surface area contributed by atoms with Crippen LogP contribution in [0.2, 0.25) is 13.3 Å². The number of alkyl halides is 1. The summed E-state index contributed by atoms with van der Waals surface area (Å²) in [6, 6.07) is 5.05. The predicted molar refractivity (Wildman–Crippen MR) is 162 cm³/mol. The Bertz CT molecular complexity index is 845. The third kappa shape index (κ3) is 11.2. The van der Waals surface area contributed by atoms with Crippen LogP contribution in [-0.2, 0) is 16.0 Å². The number of benzene rings is 1. The van der Waals surface area contributed by atoms with Crippen molar-refractivity contribution in [2.45, 2.75) is 124 Å². The van der Waals surface area contributed by atoms with Gasteiger partial charge in [0.2, 0.25) is 0 Å². The number of hydrogen-bond acceptors (Lipinski definition) is 4. The first-order valence-electron chi connectivity index (χ1n) is 15.1. The molecule has 8 heteroatoms. The summed E-state index contributed by atoms with van der Waals surface area (Å²) in [5.41, 5.74) is 0.861. The molecule has 6 nitrogen and oxygen atoms in total. The quantitative estimate of drug-likeness (QED) is 0.158. The molecule has 1 aromatic carbocycles. The molecule has 0 saturated heterocycles. The molecule has 39 heavy (non-hydrogen) atoms. The van der Waals surface area contributed by atoms with E-state index in [1.54, 1.807) is 14.0 Å². The van der Waals surface area contributed by atoms with E-state index in [9.17, 15) is 19.1 Å². The van der Waals surface area contributed by atoms with E-state index in [1.807, 2.05) is 19.9 Å². The number of halogens is 1. The first kappa shape index (κ1) is 35.7. The zero-order chi connectivity index (χ0) is 29.4. The fourth-order valence-corrected chi connectivity index (χ4v) is 21.4. The number of nitrogens with one attached hydrogen (secondary N) is 2. The van der Waals surface area contributed by atoms with Crippen LogP contribution in [0.1, 0.15) is 92.1 Å². The molecule has 3 N–H and O–H groups in total. The van der Waals surface area contributed by atoms with Crippen LogP contribution in [0.3, 0.4) is 0 Å². The van der Waals surface area contributed by atoms with E-state index < -0.39 is 49.1 Å². The van der Waals surface area contributed by atoms with Gasteiger partial charge in [0.15, 0.2) is 0 Å². The molecule has 1 rings (SSSR count). The van der Waals surface area contributed by atoms with Crippen LogP contribution in [0.4, 0.5) is 4.39 Å². The fourth-order valence-electron chi connectivity index (χ4n) is 5.38. The Labute approximate surface area is 241 Å². The summed E-state index contributed by atoms with van der Waals surface area (Å²) in [4.78, 5) is 26.3. The molecule has 0 bridgehead atoms. The summed E-state index contributed by atoms with van der Waals surface area (Å²) in [5, 5.41) is 15.5. The fraction of sp³-hybridized carbons (Fsp3) is 0.742. The molecule has 0 aromatic heterocycles. The molecular formula is C31H55FN2O4Sn. The third-order valence-electron chi connectivity index (χ3n) is 7.93. The summed E-state index contributed by atoms with van der Waals surface area (Å²) in [5.74, 6) is -0.149. The minimum absolute atomic E-state index is 0.120. The molecule has 0 saturated carbocycles. The summed E-state index contributed by atoms with van der Waals surface area (Å²) >= 11 is -2.70. The molecule has 0 aliphatic heterocycles. The molecule has 2 amide bonds. The average Bonchev–Trinajstić information content (AvgIpc) is 2.93. The van der Waals surface area contributed by atoms with Crippen LogP contribution in [0.15, 0.2) is 18.2 Å². The monoisotopic (exact) mass is 658 g/mol. The van der Waals surface area contributed by atoms with Gasteiger partial charge in [0, 0.05) is 0 Å². The van der Waals surface area contributed by atoms with Gasteiger partial charge in [-0.05, 0) is 0 Å². The standard InChI is InChI=1S/C19H28FN2O4.3C4H9.Sn/c1-5-14(15(23)11-20)21-19(25)18(12(2)3)22-17(24)10-13-8-6-7-9-16(13)26-4;3*1-3-4-2;/h7-9,12,14-15,18,23H,5,10-11H2,1-4H3,(H,21,25)(H,22,24);3*1,3-4H2,2H3;/t14?,15?,18-;;;;/m0..../s1. The van der Waals surface area contributed by atoms with Crippen molar-refractivity contribution in [1.29, 1.82) is 0 Å². The first-order chi connectivity index (χ1) is 18.6. The molecule has 0 spiro atoms. The maximum absolute atomic E-state index is 13.3. The summed E-state index contributed by atoms with van der Waals surface area (Å²) in [6.45, 7) is 11.4. The Morgan fingerprint density at radius 2 is 1.54 bits per heavy atom. The van der Waals surface area contributed by atoms with Crippen molar-refractivity contribution in [2.24, 2.45) is 5.92 Å². The molecule has 0 aliphatic carbocycles. The van der Waals surface area contributed by atoms with E-state index in [1.165, 1.54) is 55.4 Å². The first-order valence-corrected chi connectivity index (χ1v) is 22.6. The van der Waals surface area contributed by atoms with Gasteiger partial charge >= 0.3 is 237 Å². The second-order valence-electron chi connectivity index (χ2n) is 11.3. The zero-order valence-electron chi connectivity index (χ0n) is 25.6. The Morgan fingerprint density at radius 1 is 0.974 bits per heavy atom. The Balaban J connectivity index is 3.26. The van der Waals surface area contributed by atoms with Crippen LogP contribution in [0.25, 0.3) is 0 Å². The van der Waals surface area contributed by atoms with E-state index in [2.05, 4.69) is 43.5 Å². The van der Waals surface area contributed by atoms with Crippen molar-refractivity contribution in [3.8, 4) is 5.75 Å². The number of carbonyl (C=O) groups excluding carboxylic acids is 2. The minimum atomic E-state index is -2.70. The molecule has 224 valence electrons. The van der Waals surface area contributed by atoms with Gasteiger partial charge in [0.05, 0.1) is 0 Å². The number of amides is 2. The normalized spacial score (nSPS) is 14.1. The molecule has 3 atom stereocenters. The van der Waals surface area contributed by atoms with Crippen LogP contribution < -0.4 is 18.9 Å². The molecular weight excluding hydrogens is 602 g/mol. The summed E-state index contributed by atoms with van der Waals surface area (Å²) < 4.78 is 24.2. The van der Waals surface area contributed by atoms with Gasteiger partial charge in [-0.25, -0.2) is 4.39 Å². The molecule has 0 fully saturated rings. The number of ether oxygens (including phenoxy) is 1. The van der Waals surface area contributed by atoms with Gasteiger partial charge in [-0.1, -0.05) is 0 Å². The van der Waals surface area contributed by atoms with Crippen molar-refractivity contribution in [1.82, 2.24) is 10.6 Å². The van der Waals surface area contributed by atoms with E-state index >= 15 is 0 Å². The van der Waals surface area contributed by atoms with Crippen LogP contribution in [0, 0.1) is 5.92 Å². The summed E-state index contributed by atoms with van der Waals surface area (Å²) in [6.07, 6.45) is 6.60. The topological polar surface area (TPSA) is 87.7 Å². The van der Waals surface area contributed by atoms with Gasteiger partial charge < -0.3 is 0 Å². The van der Waals surface area contributed by atoms with Gasteiger partial charge in [0.25, 0.3) is 0 Å². The zero-order valence-corrected chi connectivity index (χ0v) is 28.4. The van der Waals surface area contributed by atoms with Crippen LogP contribution in [-0.4, -0.2) is 67.3 Å². The molecule has 0 radical (unpaired) electrons. The van der Waals surface area contributed by atoms with E-state index in [4.69, 9.17) is 4.74 Å².